The molecule has 0 aromatic heterocycles. The van der Waals surface area contributed by atoms with E-state index in [4.69, 9.17) is 9.47 Å². The van der Waals surface area contributed by atoms with Crippen molar-refractivity contribution in [1.29, 1.82) is 0 Å². The molecule has 1 N–H and O–H groups in total. The van der Waals surface area contributed by atoms with Gasteiger partial charge in [-0.25, -0.2) is 0 Å². The van der Waals surface area contributed by atoms with Crippen LogP contribution >= 0.6 is 0 Å². The second kappa shape index (κ2) is 7.14. The van der Waals surface area contributed by atoms with E-state index >= 15 is 0 Å². The molecule has 2 atom stereocenters. The predicted molar refractivity (Wildman–Crippen MR) is 86.2 cm³/mol. The maximum Gasteiger partial charge on any atom is 0.123 e. The van der Waals surface area contributed by atoms with Gasteiger partial charge in [0.25, 0.3) is 0 Å². The minimum absolute atomic E-state index is 0.150. The number of nitrogens with one attached hydrogen (secondary N) is 1. The number of rotatable bonds is 6. The average Bonchev–Trinajstić information content (AvgIpc) is 2.56. The molecular weight excluding hydrogens is 262 g/mol. The lowest BCUT2D eigenvalue weighted by Crippen LogP contribution is -2.23. The van der Waals surface area contributed by atoms with E-state index in [9.17, 15) is 0 Å². The van der Waals surface area contributed by atoms with Gasteiger partial charge < -0.3 is 14.8 Å². The lowest BCUT2D eigenvalue weighted by molar-refractivity contribution is 0.385. The highest BCUT2D eigenvalue weighted by molar-refractivity contribution is 5.43. The Balaban J connectivity index is 2.41. The number of benzene rings is 2. The summed E-state index contributed by atoms with van der Waals surface area (Å²) in [5.41, 5.74) is 2.40. The summed E-state index contributed by atoms with van der Waals surface area (Å²) in [4.78, 5) is 0. The lowest BCUT2D eigenvalue weighted by atomic mass is 9.88. The van der Waals surface area contributed by atoms with Crippen LogP contribution in [0.3, 0.4) is 0 Å². The first kappa shape index (κ1) is 15.4. The van der Waals surface area contributed by atoms with E-state index in [-0.39, 0.29) is 6.04 Å². The standard InChI is InChI=1S/C18H23NO2/c1-13(14-8-6-5-7-9-14)18(19-2)16-12-15(20-3)10-11-17(16)21-4/h5-13,18-19H,1-4H3. The summed E-state index contributed by atoms with van der Waals surface area (Å²) in [6.45, 7) is 2.22. The first-order valence-electron chi connectivity index (χ1n) is 7.15. The van der Waals surface area contributed by atoms with Gasteiger partial charge in [0.1, 0.15) is 11.5 Å². The molecule has 112 valence electrons. The zero-order valence-electron chi connectivity index (χ0n) is 13.1. The molecule has 0 fully saturated rings. The fraction of sp³-hybridized carbons (Fsp3) is 0.333. The minimum atomic E-state index is 0.150. The van der Waals surface area contributed by atoms with E-state index in [1.807, 2.05) is 31.3 Å². The van der Waals surface area contributed by atoms with Crippen LogP contribution < -0.4 is 14.8 Å². The minimum Gasteiger partial charge on any atom is -0.497 e. The van der Waals surface area contributed by atoms with Crippen molar-refractivity contribution < 1.29 is 9.47 Å². The van der Waals surface area contributed by atoms with E-state index in [0.717, 1.165) is 17.1 Å². The molecule has 0 aliphatic carbocycles. The molecule has 0 heterocycles. The van der Waals surface area contributed by atoms with E-state index in [0.29, 0.717) is 5.92 Å². The quantitative estimate of drug-likeness (QED) is 0.876. The maximum atomic E-state index is 5.52. The van der Waals surface area contributed by atoms with Crippen LogP contribution in [-0.4, -0.2) is 21.3 Å². The van der Waals surface area contributed by atoms with Crippen molar-refractivity contribution in [3.63, 3.8) is 0 Å². The molecule has 2 aromatic carbocycles. The number of methoxy groups -OCH3 is 2. The van der Waals surface area contributed by atoms with E-state index < -0.39 is 0 Å². The molecule has 2 aromatic rings. The molecule has 3 nitrogen and oxygen atoms in total. The Kier molecular flexibility index (Phi) is 5.23. The van der Waals surface area contributed by atoms with E-state index in [1.165, 1.54) is 5.56 Å². The summed E-state index contributed by atoms with van der Waals surface area (Å²) >= 11 is 0. The number of hydrogen-bond acceptors (Lipinski definition) is 3. The lowest BCUT2D eigenvalue weighted by Gasteiger charge is -2.26. The van der Waals surface area contributed by atoms with Crippen LogP contribution in [0.25, 0.3) is 0 Å². The number of hydrogen-bond donors (Lipinski definition) is 1. The molecule has 0 aliphatic heterocycles. The van der Waals surface area contributed by atoms with Crippen LogP contribution in [0.2, 0.25) is 0 Å². The van der Waals surface area contributed by atoms with Gasteiger partial charge in [-0.15, -0.1) is 0 Å². The molecule has 0 amide bonds. The van der Waals surface area contributed by atoms with Gasteiger partial charge in [-0.1, -0.05) is 37.3 Å². The molecule has 0 aliphatic rings. The van der Waals surface area contributed by atoms with Crippen LogP contribution in [0.15, 0.2) is 48.5 Å². The predicted octanol–water partition coefficient (Wildman–Crippen LogP) is 3.77. The maximum absolute atomic E-state index is 5.52. The van der Waals surface area contributed by atoms with Crippen molar-refractivity contribution in [3.05, 3.63) is 59.7 Å². The Morgan fingerprint density at radius 1 is 0.952 bits per heavy atom. The van der Waals surface area contributed by atoms with Gasteiger partial charge in [-0.05, 0) is 30.8 Å². The molecule has 0 spiro atoms. The third-order valence-corrected chi connectivity index (χ3v) is 3.91. The Labute approximate surface area is 126 Å². The van der Waals surface area contributed by atoms with Gasteiger partial charge in [0.2, 0.25) is 0 Å². The Bertz CT molecular complexity index is 569. The largest absolute Gasteiger partial charge is 0.497 e. The van der Waals surface area contributed by atoms with Crippen molar-refractivity contribution in [1.82, 2.24) is 5.32 Å². The summed E-state index contributed by atoms with van der Waals surface area (Å²) in [5, 5.41) is 3.41. The molecule has 2 rings (SSSR count). The summed E-state index contributed by atoms with van der Waals surface area (Å²) in [5.74, 6) is 2.03. The van der Waals surface area contributed by atoms with Crippen molar-refractivity contribution >= 4 is 0 Å². The van der Waals surface area contributed by atoms with Crippen molar-refractivity contribution in [3.8, 4) is 11.5 Å². The van der Waals surface area contributed by atoms with Gasteiger partial charge in [-0.2, -0.15) is 0 Å². The summed E-state index contributed by atoms with van der Waals surface area (Å²) in [6.07, 6.45) is 0. The van der Waals surface area contributed by atoms with Gasteiger partial charge in [-0.3, -0.25) is 0 Å². The smallest absolute Gasteiger partial charge is 0.123 e. The fourth-order valence-electron chi connectivity index (χ4n) is 2.71. The normalized spacial score (nSPS) is 13.5. The SMILES string of the molecule is CNC(c1cc(OC)ccc1OC)C(C)c1ccccc1. The Morgan fingerprint density at radius 3 is 2.24 bits per heavy atom. The molecule has 2 unspecified atom stereocenters. The summed E-state index contributed by atoms with van der Waals surface area (Å²) < 4.78 is 10.9. The van der Waals surface area contributed by atoms with E-state index in [2.05, 4.69) is 36.5 Å². The van der Waals surface area contributed by atoms with Gasteiger partial charge in [0, 0.05) is 17.5 Å². The monoisotopic (exact) mass is 285 g/mol. The van der Waals surface area contributed by atoms with Gasteiger partial charge in [0.15, 0.2) is 0 Å². The van der Waals surface area contributed by atoms with Crippen molar-refractivity contribution in [2.45, 2.75) is 18.9 Å². The van der Waals surface area contributed by atoms with Crippen molar-refractivity contribution in [2.75, 3.05) is 21.3 Å². The topological polar surface area (TPSA) is 30.5 Å². The number of ether oxygens (including phenoxy) is 2. The van der Waals surface area contributed by atoms with Gasteiger partial charge >= 0.3 is 0 Å². The average molecular weight is 285 g/mol. The Morgan fingerprint density at radius 2 is 1.67 bits per heavy atom. The van der Waals surface area contributed by atoms with Crippen LogP contribution in [0.5, 0.6) is 11.5 Å². The molecule has 0 saturated carbocycles. The second-order valence-electron chi connectivity index (χ2n) is 5.07. The highest BCUT2D eigenvalue weighted by atomic mass is 16.5. The van der Waals surface area contributed by atoms with Crippen LogP contribution in [-0.2, 0) is 0 Å². The zero-order valence-corrected chi connectivity index (χ0v) is 13.1. The van der Waals surface area contributed by atoms with E-state index in [1.54, 1.807) is 14.2 Å². The zero-order chi connectivity index (χ0) is 15.2. The summed E-state index contributed by atoms with van der Waals surface area (Å²) in [7, 11) is 5.36. The molecule has 0 bridgehead atoms. The molecule has 0 saturated heterocycles. The van der Waals surface area contributed by atoms with Crippen LogP contribution in [0.4, 0.5) is 0 Å². The number of likely N-dealkylation sites (N-methyl/N-ethyl adjacent to an activating group) is 1. The van der Waals surface area contributed by atoms with Crippen molar-refractivity contribution in [2.24, 2.45) is 0 Å². The molecule has 21 heavy (non-hydrogen) atoms. The highest BCUT2D eigenvalue weighted by Gasteiger charge is 2.22. The summed E-state index contributed by atoms with van der Waals surface area (Å²) in [6, 6.07) is 16.6. The second-order valence-corrected chi connectivity index (χ2v) is 5.07. The first-order chi connectivity index (χ1) is 10.2. The fourth-order valence-corrected chi connectivity index (χ4v) is 2.71. The van der Waals surface area contributed by atoms with Crippen LogP contribution in [0.1, 0.15) is 30.0 Å². The van der Waals surface area contributed by atoms with Crippen LogP contribution in [0, 0.1) is 0 Å². The third kappa shape index (κ3) is 3.37. The van der Waals surface area contributed by atoms with Gasteiger partial charge in [0.05, 0.1) is 14.2 Å². The molecule has 0 radical (unpaired) electrons. The highest BCUT2D eigenvalue weighted by Crippen LogP contribution is 2.37. The molecular formula is C18H23NO2. The third-order valence-electron chi connectivity index (χ3n) is 3.91. The Hall–Kier alpha value is -2.00. The first-order valence-corrected chi connectivity index (χ1v) is 7.15. The molecule has 3 heteroatoms.